The molecule has 0 aliphatic rings. The number of nitrogens with zero attached hydrogens (tertiary/aromatic N) is 2. The molecule has 28 heavy (non-hydrogen) atoms. The molecule has 0 atom stereocenters. The van der Waals surface area contributed by atoms with Crippen LogP contribution in [0.1, 0.15) is 18.3 Å². The van der Waals surface area contributed by atoms with Crippen molar-refractivity contribution in [1.29, 1.82) is 0 Å². The molecule has 0 saturated carbocycles. The van der Waals surface area contributed by atoms with E-state index in [1.807, 2.05) is 29.0 Å². The van der Waals surface area contributed by atoms with Crippen LogP contribution in [-0.2, 0) is 21.7 Å². The van der Waals surface area contributed by atoms with Gasteiger partial charge in [0.25, 0.3) is 0 Å². The fourth-order valence-corrected chi connectivity index (χ4v) is 5.07. The summed E-state index contributed by atoms with van der Waals surface area (Å²) in [6.07, 6.45) is 0.213. The Morgan fingerprint density at radius 1 is 1.07 bits per heavy atom. The summed E-state index contributed by atoms with van der Waals surface area (Å²) in [7, 11) is 3.24. The number of thiazole rings is 2. The Bertz CT molecular complexity index is 939. The van der Waals surface area contributed by atoms with Gasteiger partial charge in [-0.25, -0.2) is 9.97 Å². The Hall–Kier alpha value is -2.10. The number of rotatable bonds is 9. The maximum atomic E-state index is 11.5. The summed E-state index contributed by atoms with van der Waals surface area (Å²) < 4.78 is 16.5. The summed E-state index contributed by atoms with van der Waals surface area (Å²) in [4.78, 5) is 20.7. The number of methoxy groups -OCH3 is 2. The molecule has 1 aromatic carbocycles. The molecule has 2 heterocycles. The second kappa shape index (κ2) is 9.90. The van der Waals surface area contributed by atoms with Gasteiger partial charge >= 0.3 is 5.97 Å². The van der Waals surface area contributed by atoms with Crippen molar-refractivity contribution in [2.45, 2.75) is 23.4 Å². The van der Waals surface area contributed by atoms with Gasteiger partial charge in [0.15, 0.2) is 15.8 Å². The highest BCUT2D eigenvalue weighted by molar-refractivity contribution is 8.00. The number of esters is 1. The van der Waals surface area contributed by atoms with E-state index >= 15 is 0 Å². The first-order valence-corrected chi connectivity index (χ1v) is 11.3. The molecule has 0 fully saturated rings. The maximum absolute atomic E-state index is 11.5. The van der Waals surface area contributed by atoms with Gasteiger partial charge < -0.3 is 14.2 Å². The van der Waals surface area contributed by atoms with Crippen LogP contribution in [0.15, 0.2) is 33.3 Å². The highest BCUT2D eigenvalue weighted by atomic mass is 32.2. The molecule has 0 saturated heterocycles. The van der Waals surface area contributed by atoms with Crippen LogP contribution in [0.4, 0.5) is 0 Å². The number of thioether (sulfide) groups is 1. The molecule has 2 aromatic heterocycles. The molecule has 6 nitrogen and oxygen atoms in total. The van der Waals surface area contributed by atoms with Crippen molar-refractivity contribution in [2.24, 2.45) is 0 Å². The van der Waals surface area contributed by atoms with Crippen LogP contribution in [0.2, 0.25) is 0 Å². The van der Waals surface area contributed by atoms with Gasteiger partial charge in [0, 0.05) is 22.1 Å². The third-order valence-corrected chi connectivity index (χ3v) is 6.73. The molecule has 0 aliphatic heterocycles. The zero-order valence-electron chi connectivity index (χ0n) is 15.8. The Kier molecular flexibility index (Phi) is 7.30. The number of hydrogen-bond donors (Lipinski definition) is 0. The quantitative estimate of drug-likeness (QED) is 0.356. The fraction of sp³-hybridized carbons (Fsp3) is 0.316. The molecule has 3 rings (SSSR count). The van der Waals surface area contributed by atoms with E-state index in [-0.39, 0.29) is 12.4 Å². The highest BCUT2D eigenvalue weighted by Gasteiger charge is 2.12. The molecule has 0 spiro atoms. The molecule has 0 amide bonds. The SMILES string of the molecule is CCOC(=O)Cc1csc(SCc2csc(-c3ccc(OC)c(OC)c3)n2)n1. The predicted octanol–water partition coefficient (Wildman–Crippen LogP) is 4.68. The summed E-state index contributed by atoms with van der Waals surface area (Å²) >= 11 is 4.73. The lowest BCUT2D eigenvalue weighted by Gasteiger charge is -2.08. The van der Waals surface area contributed by atoms with Crippen molar-refractivity contribution in [3.63, 3.8) is 0 Å². The van der Waals surface area contributed by atoms with Gasteiger partial charge in [-0.2, -0.15) is 0 Å². The molecular weight excluding hydrogens is 416 g/mol. The fourth-order valence-electron chi connectivity index (χ4n) is 2.41. The number of benzene rings is 1. The Labute approximate surface area is 175 Å². The van der Waals surface area contributed by atoms with Crippen LogP contribution in [0, 0.1) is 0 Å². The summed E-state index contributed by atoms with van der Waals surface area (Å²) in [5.74, 6) is 1.85. The zero-order chi connectivity index (χ0) is 19.9. The van der Waals surface area contributed by atoms with Crippen LogP contribution in [0.25, 0.3) is 10.6 Å². The third kappa shape index (κ3) is 5.24. The maximum Gasteiger partial charge on any atom is 0.311 e. The largest absolute Gasteiger partial charge is 0.493 e. The van der Waals surface area contributed by atoms with Crippen molar-refractivity contribution in [3.05, 3.63) is 40.3 Å². The van der Waals surface area contributed by atoms with E-state index in [2.05, 4.69) is 4.98 Å². The predicted molar refractivity (Wildman–Crippen MR) is 113 cm³/mol. The van der Waals surface area contributed by atoms with E-state index in [9.17, 15) is 4.79 Å². The molecule has 0 radical (unpaired) electrons. The topological polar surface area (TPSA) is 70.5 Å². The molecule has 0 N–H and O–H groups in total. The minimum Gasteiger partial charge on any atom is -0.493 e. The molecule has 3 aromatic rings. The first-order chi connectivity index (χ1) is 13.6. The van der Waals surface area contributed by atoms with E-state index in [0.717, 1.165) is 32.1 Å². The first kappa shape index (κ1) is 20.6. The number of ether oxygens (including phenoxy) is 3. The third-order valence-electron chi connectivity index (χ3n) is 3.69. The number of carbonyl (C=O) groups excluding carboxylic acids is 1. The summed E-state index contributed by atoms with van der Waals surface area (Å²) in [6.45, 7) is 2.18. The lowest BCUT2D eigenvalue weighted by Crippen LogP contribution is -2.07. The second-order valence-electron chi connectivity index (χ2n) is 5.59. The zero-order valence-corrected chi connectivity index (χ0v) is 18.2. The van der Waals surface area contributed by atoms with Gasteiger partial charge in [-0.1, -0.05) is 11.8 Å². The van der Waals surface area contributed by atoms with Crippen molar-refractivity contribution >= 4 is 40.4 Å². The number of hydrogen-bond acceptors (Lipinski definition) is 9. The normalized spacial score (nSPS) is 10.7. The summed E-state index contributed by atoms with van der Waals surface area (Å²) in [6, 6.07) is 5.78. The second-order valence-corrected chi connectivity index (χ2v) is 8.53. The van der Waals surface area contributed by atoms with Crippen molar-refractivity contribution in [2.75, 3.05) is 20.8 Å². The van der Waals surface area contributed by atoms with Gasteiger partial charge in [0.05, 0.1) is 38.6 Å². The average molecular weight is 437 g/mol. The molecule has 0 aliphatic carbocycles. The minimum atomic E-state index is -0.247. The van der Waals surface area contributed by atoms with Gasteiger partial charge in [0.2, 0.25) is 0 Å². The van der Waals surface area contributed by atoms with Crippen LogP contribution in [0.3, 0.4) is 0 Å². The Balaban J connectivity index is 1.61. The monoisotopic (exact) mass is 436 g/mol. The lowest BCUT2D eigenvalue weighted by molar-refractivity contribution is -0.142. The standard InChI is InChI=1S/C19H20N2O4S3/c1-4-25-17(22)8-13-9-27-19(21-13)28-11-14-10-26-18(20-14)12-5-6-15(23-2)16(7-12)24-3/h5-7,9-10H,4,8,11H2,1-3H3. The van der Waals surface area contributed by atoms with Gasteiger partial charge in [-0.3, -0.25) is 4.79 Å². The molecule has 9 heteroatoms. The van der Waals surface area contributed by atoms with Gasteiger partial charge in [0.1, 0.15) is 5.01 Å². The van der Waals surface area contributed by atoms with E-state index < -0.39 is 0 Å². The average Bonchev–Trinajstić information content (AvgIpc) is 3.35. The van der Waals surface area contributed by atoms with E-state index in [1.165, 1.54) is 11.3 Å². The first-order valence-electron chi connectivity index (χ1n) is 8.52. The minimum absolute atomic E-state index is 0.213. The summed E-state index contributed by atoms with van der Waals surface area (Å²) in [5.41, 5.74) is 2.72. The molecule has 0 unspecified atom stereocenters. The van der Waals surface area contributed by atoms with Gasteiger partial charge in [-0.05, 0) is 25.1 Å². The van der Waals surface area contributed by atoms with Crippen molar-refractivity contribution in [1.82, 2.24) is 9.97 Å². The smallest absolute Gasteiger partial charge is 0.311 e. The van der Waals surface area contributed by atoms with Crippen LogP contribution in [0.5, 0.6) is 11.5 Å². The Morgan fingerprint density at radius 2 is 1.86 bits per heavy atom. The van der Waals surface area contributed by atoms with E-state index in [1.54, 1.807) is 44.2 Å². The molecule has 148 valence electrons. The van der Waals surface area contributed by atoms with Crippen LogP contribution in [-0.4, -0.2) is 36.8 Å². The number of carbonyl (C=O) groups is 1. The van der Waals surface area contributed by atoms with Crippen molar-refractivity contribution < 1.29 is 19.0 Å². The highest BCUT2D eigenvalue weighted by Crippen LogP contribution is 2.34. The molecular formula is C19H20N2O4S3. The molecule has 0 bridgehead atoms. The number of aromatic nitrogens is 2. The van der Waals surface area contributed by atoms with E-state index in [4.69, 9.17) is 19.2 Å². The van der Waals surface area contributed by atoms with Crippen LogP contribution >= 0.6 is 34.4 Å². The summed E-state index contributed by atoms with van der Waals surface area (Å²) in [5, 5.41) is 4.88. The Morgan fingerprint density at radius 3 is 2.61 bits per heavy atom. The lowest BCUT2D eigenvalue weighted by atomic mass is 10.2. The van der Waals surface area contributed by atoms with Crippen LogP contribution < -0.4 is 9.47 Å². The van der Waals surface area contributed by atoms with E-state index in [0.29, 0.717) is 18.1 Å². The van der Waals surface area contributed by atoms with Gasteiger partial charge in [-0.15, -0.1) is 22.7 Å². The van der Waals surface area contributed by atoms with Crippen molar-refractivity contribution in [3.8, 4) is 22.1 Å².